The number of fused-ring (bicyclic) bond motifs is 1. The average molecular weight is 332 g/mol. The predicted octanol–water partition coefficient (Wildman–Crippen LogP) is 3.86. The number of rotatable bonds is 6. The molecule has 2 aromatic rings. The average Bonchev–Trinajstić information content (AvgIpc) is 2.48. The van der Waals surface area contributed by atoms with Gasteiger partial charge in [0.1, 0.15) is 16.9 Å². The standard InChI is InChI=1S/C19H24O5/c1-5-6-7-13-10-17(20)23-16-11-14(8-9-15(13)16)22-12-18(21)24-19(2,3)4/h8-11H,5-7,12H2,1-4H3. The van der Waals surface area contributed by atoms with Gasteiger partial charge in [0.15, 0.2) is 6.61 Å². The molecule has 0 spiro atoms. The number of hydrogen-bond acceptors (Lipinski definition) is 5. The van der Waals surface area contributed by atoms with Crippen LogP contribution >= 0.6 is 0 Å². The normalized spacial score (nSPS) is 11.5. The summed E-state index contributed by atoms with van der Waals surface area (Å²) in [6.07, 6.45) is 2.89. The van der Waals surface area contributed by atoms with Gasteiger partial charge in [0.2, 0.25) is 0 Å². The summed E-state index contributed by atoms with van der Waals surface area (Å²) in [4.78, 5) is 23.4. The van der Waals surface area contributed by atoms with Crippen molar-refractivity contribution in [2.45, 2.75) is 52.6 Å². The van der Waals surface area contributed by atoms with Crippen molar-refractivity contribution in [3.63, 3.8) is 0 Å². The fourth-order valence-electron chi connectivity index (χ4n) is 2.39. The monoisotopic (exact) mass is 332 g/mol. The van der Waals surface area contributed by atoms with E-state index < -0.39 is 11.6 Å². The highest BCUT2D eigenvalue weighted by molar-refractivity contribution is 5.81. The molecule has 1 aromatic carbocycles. The summed E-state index contributed by atoms with van der Waals surface area (Å²) in [6.45, 7) is 7.31. The van der Waals surface area contributed by atoms with Crippen molar-refractivity contribution in [3.8, 4) is 5.75 Å². The lowest BCUT2D eigenvalue weighted by Gasteiger charge is -2.19. The van der Waals surface area contributed by atoms with E-state index in [1.807, 2.05) is 6.07 Å². The fourth-order valence-corrected chi connectivity index (χ4v) is 2.39. The van der Waals surface area contributed by atoms with Crippen LogP contribution in [0.15, 0.2) is 33.5 Å². The van der Waals surface area contributed by atoms with Gasteiger partial charge in [-0.2, -0.15) is 0 Å². The zero-order chi connectivity index (χ0) is 17.7. The molecule has 0 unspecified atom stereocenters. The Bertz CT molecular complexity index is 767. The molecule has 0 fully saturated rings. The number of benzene rings is 1. The topological polar surface area (TPSA) is 65.7 Å². The maximum absolute atomic E-state index is 11.7. The van der Waals surface area contributed by atoms with Crippen LogP contribution in [0.5, 0.6) is 5.75 Å². The number of unbranched alkanes of at least 4 members (excludes halogenated alkanes) is 1. The van der Waals surface area contributed by atoms with Gasteiger partial charge in [-0.3, -0.25) is 0 Å². The summed E-state index contributed by atoms with van der Waals surface area (Å²) in [5, 5.41) is 0.896. The van der Waals surface area contributed by atoms with E-state index in [2.05, 4.69) is 6.92 Å². The zero-order valence-corrected chi connectivity index (χ0v) is 14.7. The highest BCUT2D eigenvalue weighted by Gasteiger charge is 2.16. The Labute approximate surface area is 141 Å². The van der Waals surface area contributed by atoms with Crippen molar-refractivity contribution in [3.05, 3.63) is 40.2 Å². The summed E-state index contributed by atoms with van der Waals surface area (Å²) in [6, 6.07) is 6.80. The number of aryl methyl sites for hydroxylation is 1. The third-order valence-electron chi connectivity index (χ3n) is 3.38. The Morgan fingerprint density at radius 1 is 1.21 bits per heavy atom. The molecular weight excluding hydrogens is 308 g/mol. The van der Waals surface area contributed by atoms with E-state index in [0.29, 0.717) is 11.3 Å². The van der Waals surface area contributed by atoms with Crippen LogP contribution in [-0.2, 0) is 16.0 Å². The SMILES string of the molecule is CCCCc1cc(=O)oc2cc(OCC(=O)OC(C)(C)C)ccc12. The number of esters is 1. The molecular formula is C19H24O5. The first-order valence-electron chi connectivity index (χ1n) is 8.20. The minimum absolute atomic E-state index is 0.192. The molecule has 0 atom stereocenters. The first kappa shape index (κ1) is 18.0. The lowest BCUT2D eigenvalue weighted by molar-refractivity contribution is -0.157. The molecule has 0 aliphatic rings. The van der Waals surface area contributed by atoms with Gasteiger partial charge < -0.3 is 13.9 Å². The molecule has 5 heteroatoms. The van der Waals surface area contributed by atoms with Crippen LogP contribution in [0.3, 0.4) is 0 Å². The van der Waals surface area contributed by atoms with Crippen LogP contribution in [0.25, 0.3) is 11.0 Å². The first-order valence-corrected chi connectivity index (χ1v) is 8.20. The Balaban J connectivity index is 2.16. The second kappa shape index (κ2) is 7.51. The molecule has 2 rings (SSSR count). The van der Waals surface area contributed by atoms with Crippen molar-refractivity contribution in [1.82, 2.24) is 0 Å². The smallest absolute Gasteiger partial charge is 0.344 e. The highest BCUT2D eigenvalue weighted by Crippen LogP contribution is 2.24. The molecule has 0 aliphatic heterocycles. The van der Waals surface area contributed by atoms with Crippen molar-refractivity contribution in [2.24, 2.45) is 0 Å². The van der Waals surface area contributed by atoms with Crippen LogP contribution < -0.4 is 10.4 Å². The molecule has 0 N–H and O–H groups in total. The van der Waals surface area contributed by atoms with E-state index in [1.165, 1.54) is 0 Å². The number of carbonyl (C=O) groups excluding carboxylic acids is 1. The molecule has 1 aromatic heterocycles. The molecule has 0 radical (unpaired) electrons. The lowest BCUT2D eigenvalue weighted by atomic mass is 10.0. The first-order chi connectivity index (χ1) is 11.3. The molecule has 0 amide bonds. The molecule has 0 saturated carbocycles. The molecule has 0 aliphatic carbocycles. The second-order valence-electron chi connectivity index (χ2n) is 6.73. The lowest BCUT2D eigenvalue weighted by Crippen LogP contribution is -2.27. The number of hydrogen-bond donors (Lipinski definition) is 0. The summed E-state index contributed by atoms with van der Waals surface area (Å²) in [5.41, 5.74) is 0.514. The molecule has 0 saturated heterocycles. The van der Waals surface area contributed by atoms with Gasteiger partial charge in [-0.25, -0.2) is 9.59 Å². The van der Waals surface area contributed by atoms with Gasteiger partial charge in [0, 0.05) is 17.5 Å². The van der Waals surface area contributed by atoms with Gasteiger partial charge in [0.05, 0.1) is 0 Å². The largest absolute Gasteiger partial charge is 0.482 e. The molecule has 24 heavy (non-hydrogen) atoms. The van der Waals surface area contributed by atoms with E-state index in [1.54, 1.807) is 39.0 Å². The van der Waals surface area contributed by atoms with Crippen LogP contribution in [0, 0.1) is 0 Å². The minimum atomic E-state index is -0.551. The predicted molar refractivity (Wildman–Crippen MR) is 92.4 cm³/mol. The molecule has 130 valence electrons. The van der Waals surface area contributed by atoms with Gasteiger partial charge in [-0.05, 0) is 51.3 Å². The highest BCUT2D eigenvalue weighted by atomic mass is 16.6. The van der Waals surface area contributed by atoms with E-state index >= 15 is 0 Å². The quantitative estimate of drug-likeness (QED) is 0.594. The third-order valence-corrected chi connectivity index (χ3v) is 3.38. The third kappa shape index (κ3) is 5.11. The summed E-state index contributed by atoms with van der Waals surface area (Å²) in [5.74, 6) is 0.0184. The Morgan fingerprint density at radius 3 is 2.62 bits per heavy atom. The maximum atomic E-state index is 11.7. The van der Waals surface area contributed by atoms with Crippen LogP contribution in [0.1, 0.15) is 46.1 Å². The van der Waals surface area contributed by atoms with E-state index in [9.17, 15) is 9.59 Å². The fraction of sp³-hybridized carbons (Fsp3) is 0.474. The van der Waals surface area contributed by atoms with Crippen molar-refractivity contribution in [1.29, 1.82) is 0 Å². The van der Waals surface area contributed by atoms with Crippen molar-refractivity contribution >= 4 is 16.9 Å². The maximum Gasteiger partial charge on any atom is 0.344 e. The van der Waals surface area contributed by atoms with Crippen LogP contribution in [-0.4, -0.2) is 18.2 Å². The summed E-state index contributed by atoms with van der Waals surface area (Å²) in [7, 11) is 0. The van der Waals surface area contributed by atoms with Crippen LogP contribution in [0.4, 0.5) is 0 Å². The van der Waals surface area contributed by atoms with Gasteiger partial charge in [-0.1, -0.05) is 13.3 Å². The van der Waals surface area contributed by atoms with E-state index in [-0.39, 0.29) is 12.2 Å². The van der Waals surface area contributed by atoms with Crippen molar-refractivity contribution in [2.75, 3.05) is 6.61 Å². The summed E-state index contributed by atoms with van der Waals surface area (Å²) < 4.78 is 15.9. The van der Waals surface area contributed by atoms with E-state index in [0.717, 1.165) is 30.2 Å². The summed E-state index contributed by atoms with van der Waals surface area (Å²) >= 11 is 0. The molecule has 5 nitrogen and oxygen atoms in total. The molecule has 1 heterocycles. The minimum Gasteiger partial charge on any atom is -0.482 e. The molecule has 0 bridgehead atoms. The van der Waals surface area contributed by atoms with Gasteiger partial charge in [0.25, 0.3) is 0 Å². The van der Waals surface area contributed by atoms with Crippen molar-refractivity contribution < 1.29 is 18.7 Å². The Morgan fingerprint density at radius 2 is 1.96 bits per heavy atom. The van der Waals surface area contributed by atoms with E-state index in [4.69, 9.17) is 13.9 Å². The van der Waals surface area contributed by atoms with Gasteiger partial charge >= 0.3 is 11.6 Å². The Hall–Kier alpha value is -2.30. The van der Waals surface area contributed by atoms with Gasteiger partial charge in [-0.15, -0.1) is 0 Å². The number of carbonyl (C=O) groups is 1. The Kier molecular flexibility index (Phi) is 5.65. The second-order valence-corrected chi connectivity index (χ2v) is 6.73. The van der Waals surface area contributed by atoms with Crippen LogP contribution in [0.2, 0.25) is 0 Å². The zero-order valence-electron chi connectivity index (χ0n) is 14.7. The number of ether oxygens (including phenoxy) is 2.